The van der Waals surface area contributed by atoms with Gasteiger partial charge in [0.25, 0.3) is 5.91 Å². The molecule has 0 radical (unpaired) electrons. The quantitative estimate of drug-likeness (QED) is 0.524. The average Bonchev–Trinajstić information content (AvgIpc) is 3.29. The zero-order valence-corrected chi connectivity index (χ0v) is 20.1. The minimum atomic E-state index is -0.439. The topological polar surface area (TPSA) is 91.7 Å². The van der Waals surface area contributed by atoms with Crippen LogP contribution in [0.1, 0.15) is 48.0 Å². The van der Waals surface area contributed by atoms with Crippen molar-refractivity contribution in [1.29, 1.82) is 0 Å². The molecule has 2 N–H and O–H groups in total. The Labute approximate surface area is 200 Å². The molecule has 3 rings (SSSR count). The van der Waals surface area contributed by atoms with E-state index in [0.29, 0.717) is 17.0 Å². The van der Waals surface area contributed by atoms with Crippen LogP contribution in [0, 0.1) is 6.92 Å². The first kappa shape index (κ1) is 24.8. The molecule has 1 heterocycles. The van der Waals surface area contributed by atoms with Crippen LogP contribution in [0.3, 0.4) is 0 Å². The fourth-order valence-corrected chi connectivity index (χ4v) is 3.42. The largest absolute Gasteiger partial charge is 0.467 e. The second-order valence-corrected chi connectivity index (χ2v) is 9.26. The smallest absolute Gasteiger partial charge is 0.254 e. The summed E-state index contributed by atoms with van der Waals surface area (Å²) in [6.07, 6.45) is 1.52. The Kier molecular flexibility index (Phi) is 7.89. The van der Waals surface area contributed by atoms with Gasteiger partial charge in [-0.25, -0.2) is 0 Å². The third-order valence-corrected chi connectivity index (χ3v) is 5.29. The average molecular weight is 462 g/mol. The lowest BCUT2D eigenvalue weighted by Gasteiger charge is -2.23. The third-order valence-electron chi connectivity index (χ3n) is 5.29. The summed E-state index contributed by atoms with van der Waals surface area (Å²) in [4.78, 5) is 39.4. The van der Waals surface area contributed by atoms with Crippen LogP contribution in [0.25, 0.3) is 0 Å². The van der Waals surface area contributed by atoms with Gasteiger partial charge >= 0.3 is 0 Å². The Morgan fingerprint density at radius 2 is 1.68 bits per heavy atom. The van der Waals surface area contributed by atoms with Crippen molar-refractivity contribution in [1.82, 2.24) is 10.2 Å². The van der Waals surface area contributed by atoms with Crippen molar-refractivity contribution in [2.75, 3.05) is 18.4 Å². The van der Waals surface area contributed by atoms with E-state index in [1.54, 1.807) is 30.3 Å². The molecule has 2 aromatic carbocycles. The molecule has 7 heteroatoms. The van der Waals surface area contributed by atoms with Crippen molar-refractivity contribution in [3.8, 4) is 0 Å². The van der Waals surface area contributed by atoms with E-state index in [0.717, 1.165) is 11.1 Å². The second-order valence-electron chi connectivity index (χ2n) is 9.26. The molecular weight excluding hydrogens is 430 g/mol. The van der Waals surface area contributed by atoms with Gasteiger partial charge in [0.15, 0.2) is 0 Å². The predicted octanol–water partition coefficient (Wildman–Crippen LogP) is 4.28. The van der Waals surface area contributed by atoms with Gasteiger partial charge in [-0.1, -0.05) is 45.0 Å². The first-order valence-corrected chi connectivity index (χ1v) is 11.2. The van der Waals surface area contributed by atoms with Gasteiger partial charge < -0.3 is 20.0 Å². The molecule has 0 aliphatic rings. The van der Waals surface area contributed by atoms with Crippen LogP contribution >= 0.6 is 0 Å². The Morgan fingerprint density at radius 3 is 2.29 bits per heavy atom. The zero-order valence-electron chi connectivity index (χ0n) is 20.1. The number of furan rings is 1. The maximum atomic E-state index is 13.2. The maximum Gasteiger partial charge on any atom is 0.254 e. The number of aryl methyl sites for hydroxylation is 1. The number of nitrogens with one attached hydrogen (secondary N) is 2. The molecule has 0 saturated carbocycles. The second kappa shape index (κ2) is 10.8. The summed E-state index contributed by atoms with van der Waals surface area (Å²) < 4.78 is 5.38. The van der Waals surface area contributed by atoms with E-state index in [-0.39, 0.29) is 36.9 Å². The van der Waals surface area contributed by atoms with Crippen molar-refractivity contribution < 1.29 is 18.8 Å². The lowest BCUT2D eigenvalue weighted by molar-refractivity contribution is -0.124. The molecule has 0 fully saturated rings. The summed E-state index contributed by atoms with van der Waals surface area (Å²) in [6, 6.07) is 18.3. The van der Waals surface area contributed by atoms with E-state index < -0.39 is 5.91 Å². The minimum absolute atomic E-state index is 0.0334. The van der Waals surface area contributed by atoms with E-state index in [2.05, 4.69) is 31.4 Å². The van der Waals surface area contributed by atoms with Crippen LogP contribution in [0.2, 0.25) is 0 Å². The molecule has 0 aliphatic heterocycles. The van der Waals surface area contributed by atoms with Crippen LogP contribution in [-0.2, 0) is 21.5 Å². The van der Waals surface area contributed by atoms with Crippen molar-refractivity contribution in [2.45, 2.75) is 39.7 Å². The molecule has 1 aromatic heterocycles. The molecule has 0 unspecified atom stereocenters. The van der Waals surface area contributed by atoms with Gasteiger partial charge in [0.1, 0.15) is 12.3 Å². The Balaban J connectivity index is 1.64. The molecule has 0 spiro atoms. The molecule has 0 aliphatic carbocycles. The summed E-state index contributed by atoms with van der Waals surface area (Å²) in [5.74, 6) is -0.521. The number of rotatable bonds is 8. The van der Waals surface area contributed by atoms with Gasteiger partial charge in [0.2, 0.25) is 11.8 Å². The summed E-state index contributed by atoms with van der Waals surface area (Å²) in [5.41, 5.74) is 3.23. The number of hydrogen-bond acceptors (Lipinski definition) is 4. The molecule has 34 heavy (non-hydrogen) atoms. The molecular formula is C27H31N3O4. The van der Waals surface area contributed by atoms with E-state index in [9.17, 15) is 14.4 Å². The highest BCUT2D eigenvalue weighted by molar-refractivity contribution is 5.98. The van der Waals surface area contributed by atoms with Gasteiger partial charge in [-0.2, -0.15) is 0 Å². The molecule has 3 amide bonds. The molecule has 0 bridgehead atoms. The number of carbonyl (C=O) groups excluding carboxylic acids is 3. The maximum absolute atomic E-state index is 13.2. The number of carbonyl (C=O) groups is 3. The van der Waals surface area contributed by atoms with Crippen molar-refractivity contribution in [3.63, 3.8) is 0 Å². The number of amides is 3. The van der Waals surface area contributed by atoms with E-state index >= 15 is 0 Å². The lowest BCUT2D eigenvalue weighted by atomic mass is 9.86. The highest BCUT2D eigenvalue weighted by Gasteiger charge is 2.22. The van der Waals surface area contributed by atoms with Gasteiger partial charge in [-0.3, -0.25) is 14.4 Å². The number of benzene rings is 2. The number of anilines is 1. The Morgan fingerprint density at radius 1 is 0.941 bits per heavy atom. The normalized spacial score (nSPS) is 11.1. The number of hydrogen-bond donors (Lipinski definition) is 2. The van der Waals surface area contributed by atoms with Gasteiger partial charge in [-0.15, -0.1) is 0 Å². The summed E-state index contributed by atoms with van der Waals surface area (Å²) in [5, 5.41) is 5.33. The lowest BCUT2D eigenvalue weighted by Crippen LogP contribution is -2.42. The first-order chi connectivity index (χ1) is 16.1. The molecule has 3 aromatic rings. The third kappa shape index (κ3) is 7.07. The summed E-state index contributed by atoms with van der Waals surface area (Å²) in [7, 11) is 0. The standard InChI is InChI=1S/C27H31N3O4/c1-19-7-5-8-22(15-19)29-24(31)16-28-25(32)18-30(17-23-9-6-14-34-23)26(33)20-10-12-21(13-11-20)27(2,3)4/h5-15H,16-18H2,1-4H3,(H,28,32)(H,29,31). The monoisotopic (exact) mass is 461 g/mol. The number of nitrogens with zero attached hydrogens (tertiary/aromatic N) is 1. The molecule has 0 atom stereocenters. The van der Waals surface area contributed by atoms with Crippen LogP contribution in [0.15, 0.2) is 71.3 Å². The highest BCUT2D eigenvalue weighted by atomic mass is 16.3. The van der Waals surface area contributed by atoms with Gasteiger partial charge in [0.05, 0.1) is 19.4 Å². The highest BCUT2D eigenvalue weighted by Crippen LogP contribution is 2.23. The van der Waals surface area contributed by atoms with Gasteiger partial charge in [0, 0.05) is 11.3 Å². The predicted molar refractivity (Wildman–Crippen MR) is 131 cm³/mol. The molecule has 178 valence electrons. The Hall–Kier alpha value is -3.87. The summed E-state index contributed by atoms with van der Waals surface area (Å²) >= 11 is 0. The van der Waals surface area contributed by atoms with Crippen LogP contribution in [-0.4, -0.2) is 35.7 Å². The molecule has 0 saturated heterocycles. The zero-order chi connectivity index (χ0) is 24.7. The van der Waals surface area contributed by atoms with E-state index in [4.69, 9.17) is 4.42 Å². The van der Waals surface area contributed by atoms with E-state index in [1.165, 1.54) is 11.2 Å². The fraction of sp³-hybridized carbons (Fsp3) is 0.296. The van der Waals surface area contributed by atoms with E-state index in [1.807, 2.05) is 37.3 Å². The fourth-order valence-electron chi connectivity index (χ4n) is 3.42. The van der Waals surface area contributed by atoms with Crippen LogP contribution in [0.4, 0.5) is 5.69 Å². The molecule has 7 nitrogen and oxygen atoms in total. The SMILES string of the molecule is Cc1cccc(NC(=O)CNC(=O)CN(Cc2ccco2)C(=O)c2ccc(C(C)(C)C)cc2)c1. The van der Waals surface area contributed by atoms with Crippen molar-refractivity contribution in [2.24, 2.45) is 0 Å². The Bertz CT molecular complexity index is 1130. The van der Waals surface area contributed by atoms with Crippen LogP contribution < -0.4 is 10.6 Å². The van der Waals surface area contributed by atoms with Gasteiger partial charge in [-0.05, 0) is 59.9 Å². The van der Waals surface area contributed by atoms with Crippen LogP contribution in [0.5, 0.6) is 0 Å². The van der Waals surface area contributed by atoms with Crippen molar-refractivity contribution >= 4 is 23.4 Å². The first-order valence-electron chi connectivity index (χ1n) is 11.2. The van der Waals surface area contributed by atoms with Crippen molar-refractivity contribution in [3.05, 3.63) is 89.4 Å². The summed E-state index contributed by atoms with van der Waals surface area (Å²) in [6.45, 7) is 7.97. The minimum Gasteiger partial charge on any atom is -0.467 e.